The van der Waals surface area contributed by atoms with Crippen LogP contribution in [-0.4, -0.2) is 59.5 Å². The number of rotatable bonds is 5. The van der Waals surface area contributed by atoms with Crippen LogP contribution < -0.4 is 0 Å². The molecule has 0 unspecified atom stereocenters. The van der Waals surface area contributed by atoms with Crippen LogP contribution >= 0.6 is 0 Å². The minimum Gasteiger partial charge on any atom is -0.336 e. The first-order valence-corrected chi connectivity index (χ1v) is 11.9. The maximum atomic E-state index is 13.5. The van der Waals surface area contributed by atoms with E-state index in [-0.39, 0.29) is 37.0 Å². The number of carbonyl (C=O) groups is 1. The smallest absolute Gasteiger partial charge is 0.253 e. The van der Waals surface area contributed by atoms with Gasteiger partial charge in [0.15, 0.2) is 11.6 Å². The van der Waals surface area contributed by atoms with E-state index in [4.69, 9.17) is 0 Å². The number of amides is 1. The highest BCUT2D eigenvalue weighted by Crippen LogP contribution is 2.21. The average molecular weight is 475 g/mol. The zero-order chi connectivity index (χ0) is 23.8. The van der Waals surface area contributed by atoms with E-state index in [1.165, 1.54) is 4.31 Å². The molecule has 3 aromatic rings. The van der Waals surface area contributed by atoms with E-state index in [2.05, 4.69) is 5.10 Å². The largest absolute Gasteiger partial charge is 0.336 e. The summed E-state index contributed by atoms with van der Waals surface area (Å²) in [4.78, 5) is 14.3. The first-order valence-electron chi connectivity index (χ1n) is 10.5. The molecule has 0 N–H and O–H groups in total. The van der Waals surface area contributed by atoms with Crippen LogP contribution in [0.25, 0.3) is 0 Å². The number of piperazine rings is 1. The molecule has 1 saturated heterocycles. The Labute approximate surface area is 191 Å². The minimum absolute atomic E-state index is 0.0680. The van der Waals surface area contributed by atoms with Gasteiger partial charge >= 0.3 is 0 Å². The van der Waals surface area contributed by atoms with Gasteiger partial charge in [0.2, 0.25) is 10.0 Å². The van der Waals surface area contributed by atoms with Crippen molar-refractivity contribution in [3.05, 3.63) is 82.7 Å². The average Bonchev–Trinajstić information content (AvgIpc) is 3.11. The minimum atomic E-state index is -3.98. The van der Waals surface area contributed by atoms with Gasteiger partial charge in [0, 0.05) is 37.4 Å². The number of sulfonamides is 1. The van der Waals surface area contributed by atoms with Crippen LogP contribution in [0.4, 0.5) is 8.78 Å². The van der Waals surface area contributed by atoms with E-state index in [9.17, 15) is 22.0 Å². The summed E-state index contributed by atoms with van der Waals surface area (Å²) in [6.45, 7) is 4.98. The highest BCUT2D eigenvalue weighted by atomic mass is 32.2. The van der Waals surface area contributed by atoms with Crippen LogP contribution in [0, 0.1) is 25.5 Å². The van der Waals surface area contributed by atoms with Gasteiger partial charge in [0.05, 0.1) is 17.1 Å². The van der Waals surface area contributed by atoms with Gasteiger partial charge < -0.3 is 4.90 Å². The van der Waals surface area contributed by atoms with Gasteiger partial charge in [-0.2, -0.15) is 9.40 Å². The molecular weight excluding hydrogens is 450 g/mol. The molecule has 0 radical (unpaired) electrons. The standard InChI is InChI=1S/C23H24F2N4O3S/c1-16-12-17(2)29(26-16)15-18-4-3-5-19(13-18)23(30)27-8-10-28(11-9-27)33(31,32)20-6-7-21(24)22(25)14-20/h3-7,12-14H,8-11,15H2,1-2H3. The molecule has 0 saturated carbocycles. The fraction of sp³-hybridized carbons (Fsp3) is 0.304. The van der Waals surface area contributed by atoms with Crippen molar-refractivity contribution in [3.63, 3.8) is 0 Å². The van der Waals surface area contributed by atoms with E-state index in [0.29, 0.717) is 18.2 Å². The van der Waals surface area contributed by atoms with Crippen LogP contribution in [0.15, 0.2) is 53.4 Å². The first kappa shape index (κ1) is 23.1. The van der Waals surface area contributed by atoms with Gasteiger partial charge in [-0.1, -0.05) is 12.1 Å². The molecule has 10 heteroatoms. The SMILES string of the molecule is Cc1cc(C)n(Cc2cccc(C(=O)N3CCN(S(=O)(=O)c4ccc(F)c(F)c4)CC3)c2)n1. The Morgan fingerprint density at radius 1 is 0.970 bits per heavy atom. The highest BCUT2D eigenvalue weighted by Gasteiger charge is 2.31. The van der Waals surface area contributed by atoms with Crippen LogP contribution in [-0.2, 0) is 16.6 Å². The van der Waals surface area contributed by atoms with Crippen molar-refractivity contribution in [1.82, 2.24) is 19.0 Å². The Morgan fingerprint density at radius 2 is 1.70 bits per heavy atom. The number of halogens is 2. The summed E-state index contributed by atoms with van der Waals surface area (Å²) in [5.41, 5.74) is 3.41. The summed E-state index contributed by atoms with van der Waals surface area (Å²) in [6, 6.07) is 11.8. The number of carbonyl (C=O) groups excluding carboxylic acids is 1. The fourth-order valence-electron chi connectivity index (χ4n) is 3.91. The van der Waals surface area contributed by atoms with Crippen molar-refractivity contribution < 1.29 is 22.0 Å². The zero-order valence-corrected chi connectivity index (χ0v) is 19.1. The van der Waals surface area contributed by atoms with Crippen molar-refractivity contribution in [3.8, 4) is 0 Å². The number of aromatic nitrogens is 2. The number of nitrogens with zero attached hydrogens (tertiary/aromatic N) is 4. The lowest BCUT2D eigenvalue weighted by molar-refractivity contribution is 0.0697. The van der Waals surface area contributed by atoms with Crippen molar-refractivity contribution in [2.24, 2.45) is 0 Å². The van der Waals surface area contributed by atoms with Gasteiger partial charge in [-0.05, 0) is 55.8 Å². The molecule has 174 valence electrons. The summed E-state index contributed by atoms with van der Waals surface area (Å²) in [6.07, 6.45) is 0. The van der Waals surface area contributed by atoms with Crippen molar-refractivity contribution >= 4 is 15.9 Å². The Morgan fingerprint density at radius 3 is 2.33 bits per heavy atom. The van der Waals surface area contributed by atoms with E-state index in [1.807, 2.05) is 42.8 Å². The highest BCUT2D eigenvalue weighted by molar-refractivity contribution is 7.89. The lowest BCUT2D eigenvalue weighted by atomic mass is 10.1. The molecule has 1 aliphatic rings. The van der Waals surface area contributed by atoms with Gasteiger partial charge in [-0.15, -0.1) is 0 Å². The number of aryl methyl sites for hydroxylation is 2. The maximum Gasteiger partial charge on any atom is 0.253 e. The molecule has 4 rings (SSSR count). The molecule has 0 aliphatic carbocycles. The van der Waals surface area contributed by atoms with E-state index < -0.39 is 21.7 Å². The fourth-order valence-corrected chi connectivity index (χ4v) is 5.35. The third kappa shape index (κ3) is 4.81. The Hall–Kier alpha value is -3.11. The lowest BCUT2D eigenvalue weighted by Crippen LogP contribution is -2.50. The number of benzene rings is 2. The summed E-state index contributed by atoms with van der Waals surface area (Å²) in [5.74, 6) is -2.51. The molecular formula is C23H24F2N4O3S. The van der Waals surface area contributed by atoms with E-state index in [0.717, 1.165) is 29.1 Å². The number of hydrogen-bond donors (Lipinski definition) is 0. The molecule has 0 atom stereocenters. The molecule has 7 nitrogen and oxygen atoms in total. The van der Waals surface area contributed by atoms with Crippen LogP contribution in [0.1, 0.15) is 27.3 Å². The predicted molar refractivity (Wildman–Crippen MR) is 118 cm³/mol. The normalized spacial score (nSPS) is 15.1. The summed E-state index contributed by atoms with van der Waals surface area (Å²) in [5, 5.41) is 4.45. The topological polar surface area (TPSA) is 75.5 Å². The van der Waals surface area contributed by atoms with Crippen LogP contribution in [0.3, 0.4) is 0 Å². The predicted octanol–water partition coefficient (Wildman–Crippen LogP) is 2.97. The molecule has 33 heavy (non-hydrogen) atoms. The van der Waals surface area contributed by atoms with Crippen molar-refractivity contribution in [2.45, 2.75) is 25.3 Å². The van der Waals surface area contributed by atoms with E-state index in [1.54, 1.807) is 11.0 Å². The second kappa shape index (κ2) is 9.03. The third-order valence-corrected chi connectivity index (χ3v) is 7.56. The van der Waals surface area contributed by atoms with Gasteiger partial charge in [0.25, 0.3) is 5.91 Å². The second-order valence-electron chi connectivity index (χ2n) is 8.06. The molecule has 1 aromatic heterocycles. The molecule has 0 spiro atoms. The molecule has 1 aliphatic heterocycles. The lowest BCUT2D eigenvalue weighted by Gasteiger charge is -2.34. The van der Waals surface area contributed by atoms with Gasteiger partial charge in [0.1, 0.15) is 0 Å². The number of hydrogen-bond acceptors (Lipinski definition) is 4. The quantitative estimate of drug-likeness (QED) is 0.570. The molecule has 2 heterocycles. The van der Waals surface area contributed by atoms with Gasteiger partial charge in [-0.25, -0.2) is 17.2 Å². The zero-order valence-electron chi connectivity index (χ0n) is 18.3. The van der Waals surface area contributed by atoms with Crippen molar-refractivity contribution in [2.75, 3.05) is 26.2 Å². The third-order valence-electron chi connectivity index (χ3n) is 5.66. The van der Waals surface area contributed by atoms with E-state index >= 15 is 0 Å². The second-order valence-corrected chi connectivity index (χ2v) is 10.00. The molecule has 0 bridgehead atoms. The first-order chi connectivity index (χ1) is 15.6. The van der Waals surface area contributed by atoms with Crippen LogP contribution in [0.5, 0.6) is 0 Å². The Kier molecular flexibility index (Phi) is 6.31. The van der Waals surface area contributed by atoms with Crippen LogP contribution in [0.2, 0.25) is 0 Å². The van der Waals surface area contributed by atoms with Gasteiger partial charge in [-0.3, -0.25) is 9.48 Å². The molecule has 1 fully saturated rings. The summed E-state index contributed by atoms with van der Waals surface area (Å²) < 4.78 is 55.3. The summed E-state index contributed by atoms with van der Waals surface area (Å²) >= 11 is 0. The molecule has 1 amide bonds. The van der Waals surface area contributed by atoms with Crippen molar-refractivity contribution in [1.29, 1.82) is 0 Å². The Bertz CT molecular complexity index is 1300. The summed E-state index contributed by atoms with van der Waals surface area (Å²) in [7, 11) is -3.98. The maximum absolute atomic E-state index is 13.5. The monoisotopic (exact) mass is 474 g/mol. The Balaban J connectivity index is 1.43. The molecule has 2 aromatic carbocycles.